The lowest BCUT2D eigenvalue weighted by atomic mass is 9.95. The van der Waals surface area contributed by atoms with Crippen molar-refractivity contribution in [2.24, 2.45) is 0 Å². The quantitative estimate of drug-likeness (QED) is 0.405. The van der Waals surface area contributed by atoms with Gasteiger partial charge in [0.1, 0.15) is 5.75 Å². The molecule has 1 N–H and O–H groups in total. The molecule has 0 radical (unpaired) electrons. The molecule has 0 fully saturated rings. The molecule has 0 saturated carbocycles. The van der Waals surface area contributed by atoms with Gasteiger partial charge in [-0.15, -0.1) is 0 Å². The van der Waals surface area contributed by atoms with E-state index in [2.05, 4.69) is 31.3 Å². The second-order valence-corrected chi connectivity index (χ2v) is 7.75. The fourth-order valence-corrected chi connectivity index (χ4v) is 3.93. The third-order valence-corrected chi connectivity index (χ3v) is 5.73. The van der Waals surface area contributed by atoms with Gasteiger partial charge in [0.15, 0.2) is 5.78 Å². The highest BCUT2D eigenvalue weighted by molar-refractivity contribution is 6.37. The van der Waals surface area contributed by atoms with Gasteiger partial charge in [-0.2, -0.15) is 0 Å². The number of halogens is 1. The molecule has 3 nitrogen and oxygen atoms in total. The number of fused-ring (bicyclic) bond motifs is 1. The van der Waals surface area contributed by atoms with Crippen molar-refractivity contribution >= 4 is 28.2 Å². The maximum Gasteiger partial charge on any atom is 0.179 e. The summed E-state index contributed by atoms with van der Waals surface area (Å²) in [5, 5.41) is 5.94. The van der Waals surface area contributed by atoms with E-state index < -0.39 is 0 Å². The van der Waals surface area contributed by atoms with Crippen LogP contribution in [0.4, 0.5) is 0 Å². The van der Waals surface area contributed by atoms with Crippen LogP contribution in [-0.2, 0) is 0 Å². The van der Waals surface area contributed by atoms with Crippen LogP contribution in [-0.4, -0.2) is 18.9 Å². The molecule has 0 unspecified atom stereocenters. The Kier molecular flexibility index (Phi) is 7.29. The van der Waals surface area contributed by atoms with E-state index in [9.17, 15) is 4.79 Å². The van der Waals surface area contributed by atoms with Gasteiger partial charge in [-0.3, -0.25) is 4.79 Å². The molecule has 2 atom stereocenters. The van der Waals surface area contributed by atoms with Gasteiger partial charge in [-0.25, -0.2) is 0 Å². The molecule has 4 heteroatoms. The molecule has 0 amide bonds. The Hall–Kier alpha value is -2.36. The highest BCUT2D eigenvalue weighted by Gasteiger charge is 2.22. The Balaban J connectivity index is 1.86. The molecular weight excluding hydrogens is 382 g/mol. The molecule has 0 bridgehead atoms. The normalized spacial score (nSPS) is 13.2. The molecule has 0 saturated heterocycles. The number of methoxy groups -OCH3 is 1. The van der Waals surface area contributed by atoms with E-state index in [1.54, 1.807) is 7.11 Å². The lowest BCUT2D eigenvalue weighted by Crippen LogP contribution is -2.38. The number of ether oxygens (including phenoxy) is 1. The number of nitrogens with one attached hydrogen (secondary N) is 1. The first kappa shape index (κ1) is 21.4. The number of benzene rings is 3. The van der Waals surface area contributed by atoms with Gasteiger partial charge in [0.25, 0.3) is 0 Å². The van der Waals surface area contributed by atoms with E-state index >= 15 is 0 Å². The molecule has 0 aliphatic heterocycles. The van der Waals surface area contributed by atoms with Gasteiger partial charge in [0.05, 0.1) is 18.2 Å². The fourth-order valence-electron chi connectivity index (χ4n) is 3.62. The zero-order valence-corrected chi connectivity index (χ0v) is 18.0. The van der Waals surface area contributed by atoms with Crippen molar-refractivity contribution in [1.82, 2.24) is 5.32 Å². The van der Waals surface area contributed by atoms with Gasteiger partial charge < -0.3 is 10.1 Å². The molecule has 3 aromatic rings. The summed E-state index contributed by atoms with van der Waals surface area (Å²) in [7, 11) is 1.60. The van der Waals surface area contributed by atoms with Crippen LogP contribution >= 0.6 is 11.6 Å². The maximum absolute atomic E-state index is 13.3. The van der Waals surface area contributed by atoms with E-state index in [1.165, 1.54) is 5.56 Å². The van der Waals surface area contributed by atoms with Crippen LogP contribution in [0, 0.1) is 0 Å². The predicted molar refractivity (Wildman–Crippen MR) is 121 cm³/mol. The molecule has 0 spiro atoms. The largest absolute Gasteiger partial charge is 0.495 e. The standard InChI is InChI=1S/C25H28ClNO2/c1-4-5-11-22(27-17(2)18-9-7-6-8-10-18)25(28)20-12-14-21-19(16-20)13-15-23(29-3)24(21)26/h6-10,12-17,22,27H,4-5,11H2,1-3H3/t17-,22-/m0/s1. The molecular formula is C25H28ClNO2. The van der Waals surface area contributed by atoms with Crippen LogP contribution in [0.1, 0.15) is 55.1 Å². The molecule has 29 heavy (non-hydrogen) atoms. The molecule has 0 aliphatic rings. The Bertz CT molecular complexity index is 971. The van der Waals surface area contributed by atoms with Crippen LogP contribution in [0.3, 0.4) is 0 Å². The van der Waals surface area contributed by atoms with E-state index in [4.69, 9.17) is 16.3 Å². The van der Waals surface area contributed by atoms with Crippen molar-refractivity contribution in [3.63, 3.8) is 0 Å². The smallest absolute Gasteiger partial charge is 0.179 e. The minimum absolute atomic E-state index is 0.0983. The SMILES string of the molecule is CCCC[C@H](N[C@@H](C)c1ccccc1)C(=O)c1ccc2c(Cl)c(OC)ccc2c1. The highest BCUT2D eigenvalue weighted by atomic mass is 35.5. The number of Topliss-reactive ketones (excluding diaryl/α,β-unsaturated/α-hetero) is 1. The summed E-state index contributed by atoms with van der Waals surface area (Å²) in [6.07, 6.45) is 2.87. The maximum atomic E-state index is 13.3. The zero-order valence-electron chi connectivity index (χ0n) is 17.2. The summed E-state index contributed by atoms with van der Waals surface area (Å²) in [6.45, 7) is 4.25. The number of hydrogen-bond donors (Lipinski definition) is 1. The Morgan fingerprint density at radius 3 is 2.55 bits per heavy atom. The van der Waals surface area contributed by atoms with Gasteiger partial charge in [0.2, 0.25) is 0 Å². The summed E-state index contributed by atoms with van der Waals surface area (Å²) in [4.78, 5) is 13.3. The number of rotatable bonds is 9. The van der Waals surface area contributed by atoms with Crippen molar-refractivity contribution in [1.29, 1.82) is 0 Å². The second-order valence-electron chi connectivity index (χ2n) is 7.38. The first-order chi connectivity index (χ1) is 14.0. The van der Waals surface area contributed by atoms with Crippen molar-refractivity contribution in [2.75, 3.05) is 7.11 Å². The first-order valence-electron chi connectivity index (χ1n) is 10.2. The van der Waals surface area contributed by atoms with Gasteiger partial charge in [-0.1, -0.05) is 79.9 Å². The van der Waals surface area contributed by atoms with Crippen LogP contribution in [0.25, 0.3) is 10.8 Å². The average Bonchev–Trinajstić information content (AvgIpc) is 2.76. The number of carbonyl (C=O) groups is 1. The number of hydrogen-bond acceptors (Lipinski definition) is 3. The number of ketones is 1. The van der Waals surface area contributed by atoms with Gasteiger partial charge in [0, 0.05) is 17.0 Å². The molecule has 0 aliphatic carbocycles. The van der Waals surface area contributed by atoms with E-state index in [0.717, 1.165) is 30.0 Å². The van der Waals surface area contributed by atoms with Crippen molar-refractivity contribution in [3.8, 4) is 5.75 Å². The van der Waals surface area contributed by atoms with E-state index in [1.807, 2.05) is 48.5 Å². The average molecular weight is 410 g/mol. The predicted octanol–water partition coefficient (Wildman–Crippen LogP) is 6.59. The number of unbranched alkanes of at least 4 members (excludes halogenated alkanes) is 1. The molecule has 152 valence electrons. The van der Waals surface area contributed by atoms with Crippen LogP contribution in [0.15, 0.2) is 60.7 Å². The third kappa shape index (κ3) is 4.98. The highest BCUT2D eigenvalue weighted by Crippen LogP contribution is 2.33. The summed E-state index contributed by atoms with van der Waals surface area (Å²) >= 11 is 6.42. The van der Waals surface area contributed by atoms with Crippen LogP contribution in [0.5, 0.6) is 5.75 Å². The lowest BCUT2D eigenvalue weighted by molar-refractivity contribution is 0.0930. The molecule has 0 aromatic heterocycles. The van der Waals surface area contributed by atoms with Crippen LogP contribution < -0.4 is 10.1 Å². The third-order valence-electron chi connectivity index (χ3n) is 5.34. The topological polar surface area (TPSA) is 38.3 Å². The molecule has 0 heterocycles. The Morgan fingerprint density at radius 2 is 1.86 bits per heavy atom. The van der Waals surface area contributed by atoms with Gasteiger partial charge in [-0.05, 0) is 36.4 Å². The Morgan fingerprint density at radius 1 is 1.10 bits per heavy atom. The molecule has 3 aromatic carbocycles. The minimum Gasteiger partial charge on any atom is -0.495 e. The van der Waals surface area contributed by atoms with Crippen LogP contribution in [0.2, 0.25) is 5.02 Å². The minimum atomic E-state index is -0.226. The van der Waals surface area contributed by atoms with Gasteiger partial charge >= 0.3 is 0 Å². The zero-order chi connectivity index (χ0) is 20.8. The summed E-state index contributed by atoms with van der Waals surface area (Å²) < 4.78 is 5.29. The fraction of sp³-hybridized carbons (Fsp3) is 0.320. The monoisotopic (exact) mass is 409 g/mol. The van der Waals surface area contributed by atoms with E-state index in [-0.39, 0.29) is 17.9 Å². The van der Waals surface area contributed by atoms with Crippen molar-refractivity contribution < 1.29 is 9.53 Å². The Labute approximate surface area is 178 Å². The lowest BCUT2D eigenvalue weighted by Gasteiger charge is -2.23. The molecule has 3 rings (SSSR count). The summed E-state index contributed by atoms with van der Waals surface area (Å²) in [6, 6.07) is 19.6. The summed E-state index contributed by atoms with van der Waals surface area (Å²) in [5.74, 6) is 0.757. The summed E-state index contributed by atoms with van der Waals surface area (Å²) in [5.41, 5.74) is 1.88. The number of carbonyl (C=O) groups excluding carboxylic acids is 1. The first-order valence-corrected chi connectivity index (χ1v) is 10.5. The van der Waals surface area contributed by atoms with Crippen molar-refractivity contribution in [3.05, 3.63) is 76.8 Å². The second kappa shape index (κ2) is 9.91. The van der Waals surface area contributed by atoms with E-state index in [0.29, 0.717) is 16.3 Å². The van der Waals surface area contributed by atoms with Crippen molar-refractivity contribution in [2.45, 2.75) is 45.2 Å².